The van der Waals surface area contributed by atoms with E-state index in [4.69, 9.17) is 4.74 Å². The molecule has 27 heavy (non-hydrogen) atoms. The molecule has 1 unspecified atom stereocenters. The molecule has 1 heterocycles. The molecule has 0 radical (unpaired) electrons. The summed E-state index contributed by atoms with van der Waals surface area (Å²) in [6.45, 7) is 10.1. The van der Waals surface area contributed by atoms with Crippen molar-refractivity contribution in [2.45, 2.75) is 53.6 Å². The molecule has 3 aromatic rings. The van der Waals surface area contributed by atoms with Gasteiger partial charge in [-0.2, -0.15) is 5.10 Å². The molecule has 0 saturated carbocycles. The summed E-state index contributed by atoms with van der Waals surface area (Å²) in [6.07, 6.45) is 1.43. The van der Waals surface area contributed by atoms with E-state index in [1.165, 1.54) is 10.2 Å². The van der Waals surface area contributed by atoms with Gasteiger partial charge in [-0.3, -0.25) is 4.79 Å². The predicted octanol–water partition coefficient (Wildman–Crippen LogP) is 5.35. The lowest BCUT2D eigenvalue weighted by atomic mass is 10.0. The van der Waals surface area contributed by atoms with Crippen molar-refractivity contribution < 1.29 is 9.53 Å². The molecule has 1 aromatic heterocycles. The number of ether oxygens (including phenoxy) is 1. The number of nitrogens with zero attached hydrogens (tertiary/aromatic N) is 2. The Bertz CT molecular complexity index is 956. The number of aryl methyl sites for hydroxylation is 1. The number of hydrogen-bond acceptors (Lipinski definition) is 3. The minimum Gasteiger partial charge on any atom is -0.481 e. The molecule has 2 aromatic carbocycles. The summed E-state index contributed by atoms with van der Waals surface area (Å²) in [5.74, 6) is 1.17. The first-order valence-electron chi connectivity index (χ1n) is 9.61. The lowest BCUT2D eigenvalue weighted by Crippen LogP contribution is -2.30. The van der Waals surface area contributed by atoms with Crippen LogP contribution in [0.15, 0.2) is 42.5 Å². The highest BCUT2D eigenvalue weighted by Crippen LogP contribution is 2.22. The van der Waals surface area contributed by atoms with Crippen molar-refractivity contribution in [1.82, 2.24) is 9.78 Å². The van der Waals surface area contributed by atoms with Crippen LogP contribution >= 0.6 is 0 Å². The van der Waals surface area contributed by atoms with Gasteiger partial charge in [0.1, 0.15) is 5.75 Å². The van der Waals surface area contributed by atoms with E-state index in [9.17, 15) is 4.79 Å². The minimum atomic E-state index is -0.609. The average molecular weight is 364 g/mol. The van der Waals surface area contributed by atoms with Gasteiger partial charge in [-0.15, -0.1) is 0 Å². The molecule has 0 aliphatic heterocycles. The lowest BCUT2D eigenvalue weighted by Gasteiger charge is -2.15. The molecule has 0 aliphatic carbocycles. The van der Waals surface area contributed by atoms with Crippen molar-refractivity contribution in [3.8, 4) is 5.75 Å². The molecule has 142 valence electrons. The molecule has 3 rings (SSSR count). The Morgan fingerprint density at radius 3 is 2.48 bits per heavy atom. The highest BCUT2D eigenvalue weighted by molar-refractivity contribution is 5.85. The van der Waals surface area contributed by atoms with E-state index in [1.54, 1.807) is 6.92 Å². The number of aromatic nitrogens is 2. The highest BCUT2D eigenvalue weighted by Gasteiger charge is 2.22. The maximum Gasteiger partial charge on any atom is 0.287 e. The molecule has 0 saturated heterocycles. The summed E-state index contributed by atoms with van der Waals surface area (Å²) in [5.41, 5.74) is 3.03. The van der Waals surface area contributed by atoms with Crippen LogP contribution in [0.25, 0.3) is 10.8 Å². The van der Waals surface area contributed by atoms with Crippen molar-refractivity contribution in [1.29, 1.82) is 0 Å². The molecule has 0 spiro atoms. The Kier molecular flexibility index (Phi) is 5.64. The van der Waals surface area contributed by atoms with Crippen LogP contribution in [-0.4, -0.2) is 21.8 Å². The summed E-state index contributed by atoms with van der Waals surface area (Å²) in [6, 6.07) is 14.0. The fourth-order valence-electron chi connectivity index (χ4n) is 3.35. The standard InChI is InChI=1S/C23H28N2O2/c1-15(2)10-13-22-16(3)24-25(17(22)4)23(26)18(5)27-21-12-11-19-8-6-7-9-20(19)14-21/h6-9,11-12,14-15,18H,10,13H2,1-5H3. The number of benzene rings is 2. The van der Waals surface area contributed by atoms with Crippen LogP contribution < -0.4 is 4.74 Å². The smallest absolute Gasteiger partial charge is 0.287 e. The van der Waals surface area contributed by atoms with Crippen molar-refractivity contribution >= 4 is 16.7 Å². The van der Waals surface area contributed by atoms with Crippen LogP contribution in [0.2, 0.25) is 0 Å². The Morgan fingerprint density at radius 1 is 1.07 bits per heavy atom. The normalized spacial score (nSPS) is 12.5. The third-order valence-corrected chi connectivity index (χ3v) is 5.00. The first-order valence-corrected chi connectivity index (χ1v) is 9.61. The third kappa shape index (κ3) is 4.21. The van der Waals surface area contributed by atoms with Gasteiger partial charge in [0.2, 0.25) is 0 Å². The van der Waals surface area contributed by atoms with Gasteiger partial charge in [0, 0.05) is 5.69 Å². The lowest BCUT2D eigenvalue weighted by molar-refractivity contribution is 0.0707. The maximum atomic E-state index is 12.9. The molecule has 0 amide bonds. The summed E-state index contributed by atoms with van der Waals surface area (Å²) in [4.78, 5) is 12.9. The summed E-state index contributed by atoms with van der Waals surface area (Å²) >= 11 is 0. The molecule has 0 fully saturated rings. The molecule has 0 N–H and O–H groups in total. The Balaban J connectivity index is 1.77. The maximum absolute atomic E-state index is 12.9. The van der Waals surface area contributed by atoms with E-state index >= 15 is 0 Å². The molecular formula is C23H28N2O2. The summed E-state index contributed by atoms with van der Waals surface area (Å²) in [5, 5.41) is 6.73. The van der Waals surface area contributed by atoms with Gasteiger partial charge in [0.15, 0.2) is 6.10 Å². The second-order valence-corrected chi connectivity index (χ2v) is 7.60. The topological polar surface area (TPSA) is 44.1 Å². The Labute approximate surface area is 161 Å². The number of rotatable bonds is 6. The molecule has 1 atom stereocenters. The van der Waals surface area contributed by atoms with E-state index in [-0.39, 0.29) is 5.91 Å². The number of fused-ring (bicyclic) bond motifs is 1. The van der Waals surface area contributed by atoms with Crippen LogP contribution in [0, 0.1) is 19.8 Å². The van der Waals surface area contributed by atoms with E-state index in [0.29, 0.717) is 11.7 Å². The second-order valence-electron chi connectivity index (χ2n) is 7.60. The average Bonchev–Trinajstić information content (AvgIpc) is 2.93. The quantitative estimate of drug-likeness (QED) is 0.592. The summed E-state index contributed by atoms with van der Waals surface area (Å²) < 4.78 is 7.44. The zero-order chi connectivity index (χ0) is 19.6. The summed E-state index contributed by atoms with van der Waals surface area (Å²) in [7, 11) is 0. The second kappa shape index (κ2) is 7.95. The van der Waals surface area contributed by atoms with Gasteiger partial charge in [-0.1, -0.05) is 44.2 Å². The predicted molar refractivity (Wildman–Crippen MR) is 110 cm³/mol. The van der Waals surface area contributed by atoms with Crippen molar-refractivity contribution in [3.05, 3.63) is 59.4 Å². The van der Waals surface area contributed by atoms with E-state index in [2.05, 4.69) is 25.0 Å². The van der Waals surface area contributed by atoms with Crippen LogP contribution in [-0.2, 0) is 6.42 Å². The Hall–Kier alpha value is -2.62. The van der Waals surface area contributed by atoms with Crippen LogP contribution in [0.1, 0.15) is 48.9 Å². The van der Waals surface area contributed by atoms with Gasteiger partial charge < -0.3 is 4.74 Å². The van der Waals surface area contributed by atoms with Gasteiger partial charge in [-0.25, -0.2) is 4.68 Å². The highest BCUT2D eigenvalue weighted by atomic mass is 16.5. The van der Waals surface area contributed by atoms with Gasteiger partial charge in [-0.05, 0) is 68.0 Å². The Morgan fingerprint density at radius 2 is 1.78 bits per heavy atom. The minimum absolute atomic E-state index is 0.139. The zero-order valence-corrected chi connectivity index (χ0v) is 16.8. The van der Waals surface area contributed by atoms with Crippen LogP contribution in [0.3, 0.4) is 0 Å². The number of carbonyl (C=O) groups excluding carboxylic acids is 1. The number of carbonyl (C=O) groups is 1. The fourth-order valence-corrected chi connectivity index (χ4v) is 3.35. The first-order chi connectivity index (χ1) is 12.9. The zero-order valence-electron chi connectivity index (χ0n) is 16.8. The monoisotopic (exact) mass is 364 g/mol. The van der Waals surface area contributed by atoms with Crippen LogP contribution in [0.4, 0.5) is 0 Å². The van der Waals surface area contributed by atoms with Gasteiger partial charge in [0.05, 0.1) is 5.69 Å². The van der Waals surface area contributed by atoms with Crippen molar-refractivity contribution in [3.63, 3.8) is 0 Å². The molecule has 0 bridgehead atoms. The largest absolute Gasteiger partial charge is 0.481 e. The first kappa shape index (κ1) is 19.2. The molecule has 0 aliphatic rings. The fraction of sp³-hybridized carbons (Fsp3) is 0.391. The van der Waals surface area contributed by atoms with E-state index < -0.39 is 6.10 Å². The molecular weight excluding hydrogens is 336 g/mol. The van der Waals surface area contributed by atoms with Gasteiger partial charge in [0.25, 0.3) is 5.91 Å². The SMILES string of the molecule is Cc1nn(C(=O)C(C)Oc2ccc3ccccc3c2)c(C)c1CCC(C)C. The van der Waals surface area contributed by atoms with E-state index in [1.807, 2.05) is 50.2 Å². The van der Waals surface area contributed by atoms with Crippen molar-refractivity contribution in [2.24, 2.45) is 5.92 Å². The molecule has 4 heteroatoms. The number of hydrogen-bond donors (Lipinski definition) is 0. The van der Waals surface area contributed by atoms with Crippen LogP contribution in [0.5, 0.6) is 5.75 Å². The van der Waals surface area contributed by atoms with E-state index in [0.717, 1.165) is 35.0 Å². The van der Waals surface area contributed by atoms with Gasteiger partial charge >= 0.3 is 0 Å². The van der Waals surface area contributed by atoms with Crippen molar-refractivity contribution in [2.75, 3.05) is 0 Å². The molecule has 4 nitrogen and oxygen atoms in total. The third-order valence-electron chi connectivity index (χ3n) is 5.00.